The summed E-state index contributed by atoms with van der Waals surface area (Å²) in [5, 5.41) is 0. The molecule has 1 heterocycles. The molecule has 0 aromatic carbocycles. The fourth-order valence-electron chi connectivity index (χ4n) is 1.74. The number of hydrogen-bond acceptors (Lipinski definition) is 3. The smallest absolute Gasteiger partial charge is 0.135 e. The Morgan fingerprint density at radius 2 is 2.08 bits per heavy atom. The molecule has 4 heteroatoms. The number of nitrogens with two attached hydrogens (primary N) is 2. The van der Waals surface area contributed by atoms with Crippen LogP contribution in [0, 0.1) is 5.92 Å². The third-order valence-electron chi connectivity index (χ3n) is 2.64. The van der Waals surface area contributed by atoms with Gasteiger partial charge in [-0.1, -0.05) is 0 Å². The van der Waals surface area contributed by atoms with E-state index in [1.165, 1.54) is 0 Å². The molecule has 1 unspecified atom stereocenters. The van der Waals surface area contributed by atoms with Crippen LogP contribution in [0.4, 0.5) is 4.39 Å². The molecule has 1 rings (SSSR count). The number of hydrogen-bond donors (Lipinski definition) is 2. The van der Waals surface area contributed by atoms with E-state index >= 15 is 0 Å². The van der Waals surface area contributed by atoms with E-state index in [2.05, 4.69) is 0 Å². The van der Waals surface area contributed by atoms with Crippen LogP contribution in [0.3, 0.4) is 0 Å². The predicted octanol–water partition coefficient (Wildman–Crippen LogP) is 0.429. The SMILES string of the molecule is NCC(F)(CN)CC1CCCOC1. The van der Waals surface area contributed by atoms with Gasteiger partial charge in [-0.15, -0.1) is 0 Å². The number of alkyl halides is 1. The van der Waals surface area contributed by atoms with Crippen LogP contribution >= 0.6 is 0 Å². The van der Waals surface area contributed by atoms with Crippen LogP contribution < -0.4 is 11.5 Å². The zero-order valence-electron chi connectivity index (χ0n) is 7.97. The topological polar surface area (TPSA) is 61.3 Å². The van der Waals surface area contributed by atoms with Gasteiger partial charge in [0, 0.05) is 26.3 Å². The lowest BCUT2D eigenvalue weighted by Crippen LogP contribution is -2.43. The Balaban J connectivity index is 2.35. The molecular weight excluding hydrogens is 171 g/mol. The lowest BCUT2D eigenvalue weighted by molar-refractivity contribution is 0.0245. The molecule has 1 atom stereocenters. The average Bonchev–Trinajstić information content (AvgIpc) is 2.19. The van der Waals surface area contributed by atoms with Crippen molar-refractivity contribution in [3.8, 4) is 0 Å². The summed E-state index contributed by atoms with van der Waals surface area (Å²) >= 11 is 0. The third kappa shape index (κ3) is 3.21. The lowest BCUT2D eigenvalue weighted by atomic mass is 9.88. The van der Waals surface area contributed by atoms with Crippen molar-refractivity contribution < 1.29 is 9.13 Å². The van der Waals surface area contributed by atoms with Crippen molar-refractivity contribution in [3.63, 3.8) is 0 Å². The normalized spacial score (nSPS) is 24.7. The van der Waals surface area contributed by atoms with Crippen LogP contribution in [0.5, 0.6) is 0 Å². The summed E-state index contributed by atoms with van der Waals surface area (Å²) < 4.78 is 19.0. The van der Waals surface area contributed by atoms with Crippen molar-refractivity contribution in [1.82, 2.24) is 0 Å². The van der Waals surface area contributed by atoms with Gasteiger partial charge in [0.2, 0.25) is 0 Å². The zero-order valence-corrected chi connectivity index (χ0v) is 7.97. The van der Waals surface area contributed by atoms with Crippen LogP contribution in [0.2, 0.25) is 0 Å². The summed E-state index contributed by atoms with van der Waals surface area (Å²) in [6, 6.07) is 0. The van der Waals surface area contributed by atoms with Crippen molar-refractivity contribution in [2.24, 2.45) is 17.4 Å². The largest absolute Gasteiger partial charge is 0.381 e. The number of rotatable bonds is 4. The summed E-state index contributed by atoms with van der Waals surface area (Å²) in [7, 11) is 0. The van der Waals surface area contributed by atoms with E-state index in [0.29, 0.717) is 18.9 Å². The van der Waals surface area contributed by atoms with Gasteiger partial charge in [0.05, 0.1) is 0 Å². The highest BCUT2D eigenvalue weighted by molar-refractivity contribution is 4.84. The van der Waals surface area contributed by atoms with Crippen molar-refractivity contribution >= 4 is 0 Å². The van der Waals surface area contributed by atoms with E-state index < -0.39 is 5.67 Å². The Morgan fingerprint density at radius 3 is 2.54 bits per heavy atom. The Bertz CT molecular complexity index is 145. The van der Waals surface area contributed by atoms with Gasteiger partial charge in [0.25, 0.3) is 0 Å². The lowest BCUT2D eigenvalue weighted by Gasteiger charge is -2.29. The van der Waals surface area contributed by atoms with Crippen LogP contribution in [-0.4, -0.2) is 32.0 Å². The van der Waals surface area contributed by atoms with Gasteiger partial charge < -0.3 is 16.2 Å². The van der Waals surface area contributed by atoms with E-state index in [1.54, 1.807) is 0 Å². The molecule has 0 saturated carbocycles. The fraction of sp³-hybridized carbons (Fsp3) is 1.00. The summed E-state index contributed by atoms with van der Waals surface area (Å²) in [5.74, 6) is 0.297. The van der Waals surface area contributed by atoms with Gasteiger partial charge in [-0.05, 0) is 25.2 Å². The van der Waals surface area contributed by atoms with Crippen molar-refractivity contribution in [3.05, 3.63) is 0 Å². The second-order valence-corrected chi connectivity index (χ2v) is 3.85. The molecule has 0 bridgehead atoms. The molecule has 1 fully saturated rings. The average molecular weight is 190 g/mol. The second-order valence-electron chi connectivity index (χ2n) is 3.85. The molecule has 1 aliphatic rings. The summed E-state index contributed by atoms with van der Waals surface area (Å²) in [5.41, 5.74) is 9.29. The van der Waals surface area contributed by atoms with Crippen LogP contribution in [0.1, 0.15) is 19.3 Å². The molecule has 1 aliphatic heterocycles. The van der Waals surface area contributed by atoms with Gasteiger partial charge in [-0.3, -0.25) is 0 Å². The Labute approximate surface area is 78.6 Å². The summed E-state index contributed by atoms with van der Waals surface area (Å²) in [4.78, 5) is 0. The zero-order chi connectivity index (χ0) is 9.73. The van der Waals surface area contributed by atoms with E-state index in [1.807, 2.05) is 0 Å². The molecule has 0 spiro atoms. The number of halogens is 1. The Morgan fingerprint density at radius 1 is 1.38 bits per heavy atom. The maximum atomic E-state index is 13.7. The van der Waals surface area contributed by atoms with E-state index in [0.717, 1.165) is 19.4 Å². The first kappa shape index (κ1) is 10.9. The van der Waals surface area contributed by atoms with Crippen molar-refractivity contribution in [2.75, 3.05) is 26.3 Å². The molecule has 78 valence electrons. The molecule has 0 aliphatic carbocycles. The molecule has 0 radical (unpaired) electrons. The molecule has 13 heavy (non-hydrogen) atoms. The molecule has 0 aromatic heterocycles. The van der Waals surface area contributed by atoms with Gasteiger partial charge in [0.15, 0.2) is 0 Å². The number of ether oxygens (including phenoxy) is 1. The molecule has 1 saturated heterocycles. The van der Waals surface area contributed by atoms with Gasteiger partial charge in [0.1, 0.15) is 5.67 Å². The van der Waals surface area contributed by atoms with E-state index in [9.17, 15) is 4.39 Å². The second kappa shape index (κ2) is 4.88. The minimum absolute atomic E-state index is 0.0139. The maximum absolute atomic E-state index is 13.7. The fourth-order valence-corrected chi connectivity index (χ4v) is 1.74. The van der Waals surface area contributed by atoms with Crippen LogP contribution in [-0.2, 0) is 4.74 Å². The molecule has 3 nitrogen and oxygen atoms in total. The first-order valence-corrected chi connectivity index (χ1v) is 4.87. The molecule has 0 amide bonds. The summed E-state index contributed by atoms with van der Waals surface area (Å²) in [6.07, 6.45) is 2.50. The summed E-state index contributed by atoms with van der Waals surface area (Å²) in [6.45, 7) is 1.49. The first-order valence-electron chi connectivity index (χ1n) is 4.87. The van der Waals surface area contributed by atoms with Crippen molar-refractivity contribution in [2.45, 2.75) is 24.9 Å². The maximum Gasteiger partial charge on any atom is 0.135 e. The highest BCUT2D eigenvalue weighted by atomic mass is 19.1. The molecule has 0 aromatic rings. The first-order chi connectivity index (χ1) is 6.20. The van der Waals surface area contributed by atoms with Gasteiger partial charge in [-0.2, -0.15) is 0 Å². The third-order valence-corrected chi connectivity index (χ3v) is 2.64. The minimum Gasteiger partial charge on any atom is -0.381 e. The quantitative estimate of drug-likeness (QED) is 0.675. The predicted molar refractivity (Wildman–Crippen MR) is 50.1 cm³/mol. The van der Waals surface area contributed by atoms with Crippen LogP contribution in [0.15, 0.2) is 0 Å². The Kier molecular flexibility index (Phi) is 4.09. The van der Waals surface area contributed by atoms with E-state index in [4.69, 9.17) is 16.2 Å². The van der Waals surface area contributed by atoms with Crippen LogP contribution in [0.25, 0.3) is 0 Å². The molecular formula is C9H19FN2O. The Hall–Kier alpha value is -0.190. The highest BCUT2D eigenvalue weighted by Crippen LogP contribution is 2.25. The van der Waals surface area contributed by atoms with Crippen molar-refractivity contribution in [1.29, 1.82) is 0 Å². The molecule has 4 N–H and O–H groups in total. The standard InChI is InChI=1S/C9H19FN2O/c10-9(6-11,7-12)4-8-2-1-3-13-5-8/h8H,1-7,11-12H2. The van der Waals surface area contributed by atoms with E-state index in [-0.39, 0.29) is 13.1 Å². The minimum atomic E-state index is -1.38. The van der Waals surface area contributed by atoms with Gasteiger partial charge in [-0.25, -0.2) is 4.39 Å². The van der Waals surface area contributed by atoms with Gasteiger partial charge >= 0.3 is 0 Å². The monoisotopic (exact) mass is 190 g/mol. The highest BCUT2D eigenvalue weighted by Gasteiger charge is 2.30.